The van der Waals surface area contributed by atoms with Crippen LogP contribution in [0.3, 0.4) is 0 Å². The van der Waals surface area contributed by atoms with Gasteiger partial charge in [0.2, 0.25) is 0 Å². The largest absolute Gasteiger partial charge is 0.309 e. The molecule has 0 aliphatic heterocycles. The third-order valence-electron chi connectivity index (χ3n) is 11.0. The molecular weight excluding hydrogens is 681 g/mol. The lowest BCUT2D eigenvalue weighted by Gasteiger charge is -2.18. The summed E-state index contributed by atoms with van der Waals surface area (Å²) in [5.41, 5.74) is 16.4. The van der Waals surface area contributed by atoms with Gasteiger partial charge in [-0.3, -0.25) is 4.98 Å². The van der Waals surface area contributed by atoms with Crippen molar-refractivity contribution < 1.29 is 0 Å². The van der Waals surface area contributed by atoms with E-state index in [2.05, 4.69) is 196 Å². The first-order chi connectivity index (χ1) is 27.8. The smallest absolute Gasteiger partial charge is 0.0971 e. The molecule has 4 heterocycles. The Hall–Kier alpha value is -7.56. The summed E-state index contributed by atoms with van der Waals surface area (Å²) in [7, 11) is 0. The minimum Gasteiger partial charge on any atom is -0.309 e. The van der Waals surface area contributed by atoms with Crippen molar-refractivity contribution in [1.82, 2.24) is 19.1 Å². The summed E-state index contributed by atoms with van der Waals surface area (Å²) in [5, 5.41) is 3.61. The molecule has 262 valence electrons. The number of benzene rings is 7. The van der Waals surface area contributed by atoms with Gasteiger partial charge in [0.25, 0.3) is 0 Å². The van der Waals surface area contributed by atoms with Crippen LogP contribution in [0.2, 0.25) is 0 Å². The molecule has 56 heavy (non-hydrogen) atoms. The second kappa shape index (κ2) is 13.1. The van der Waals surface area contributed by atoms with Gasteiger partial charge < -0.3 is 9.13 Å². The third kappa shape index (κ3) is 5.15. The Kier molecular flexibility index (Phi) is 7.46. The number of rotatable bonds is 6. The molecular formula is C52H34N4. The molecule has 0 aliphatic carbocycles. The van der Waals surface area contributed by atoms with E-state index < -0.39 is 0 Å². The highest BCUT2D eigenvalue weighted by Gasteiger charge is 2.20. The van der Waals surface area contributed by atoms with Crippen LogP contribution in [0.25, 0.3) is 99.9 Å². The summed E-state index contributed by atoms with van der Waals surface area (Å²) in [6.07, 6.45) is 1.82. The van der Waals surface area contributed by atoms with Crippen molar-refractivity contribution in [3.8, 4) is 56.1 Å². The normalized spacial score (nSPS) is 11.6. The summed E-state index contributed by atoms with van der Waals surface area (Å²) in [5.74, 6) is 0. The van der Waals surface area contributed by atoms with Crippen molar-refractivity contribution in [2.75, 3.05) is 0 Å². The van der Waals surface area contributed by atoms with Crippen molar-refractivity contribution in [2.24, 2.45) is 0 Å². The van der Waals surface area contributed by atoms with Crippen LogP contribution >= 0.6 is 0 Å². The van der Waals surface area contributed by atoms with Crippen molar-refractivity contribution in [3.63, 3.8) is 0 Å². The van der Waals surface area contributed by atoms with Gasteiger partial charge in [-0.2, -0.15) is 0 Å². The zero-order valence-electron chi connectivity index (χ0n) is 30.4. The molecule has 0 saturated heterocycles. The predicted octanol–water partition coefficient (Wildman–Crippen LogP) is 13.3. The molecule has 0 N–H and O–H groups in total. The molecule has 0 radical (unpaired) electrons. The second-order valence-corrected chi connectivity index (χ2v) is 14.2. The van der Waals surface area contributed by atoms with E-state index in [4.69, 9.17) is 4.98 Å². The SMILES string of the molecule is c1ccc(-c2cc(-c3ccc(-n4c5ccccc5c5nc(-c6ccccn6)ccc54)c(-c4ccccc4)c3)ccc2-n2c3ccccc3c3ccccc32)cc1. The topological polar surface area (TPSA) is 35.6 Å². The molecule has 0 bridgehead atoms. The molecule has 0 fully saturated rings. The van der Waals surface area contributed by atoms with Crippen LogP contribution in [-0.2, 0) is 0 Å². The first-order valence-electron chi connectivity index (χ1n) is 19.0. The lowest BCUT2D eigenvalue weighted by Crippen LogP contribution is -1.99. The zero-order chi connectivity index (χ0) is 37.0. The lowest BCUT2D eigenvalue weighted by atomic mass is 9.94. The van der Waals surface area contributed by atoms with Gasteiger partial charge in [-0.1, -0.05) is 133 Å². The fraction of sp³-hybridized carbons (Fsp3) is 0. The van der Waals surface area contributed by atoms with Crippen molar-refractivity contribution >= 4 is 43.7 Å². The Bertz CT molecular complexity index is 3180. The molecule has 0 amide bonds. The predicted molar refractivity (Wildman–Crippen MR) is 232 cm³/mol. The third-order valence-corrected chi connectivity index (χ3v) is 11.0. The van der Waals surface area contributed by atoms with Crippen LogP contribution in [0.15, 0.2) is 206 Å². The van der Waals surface area contributed by atoms with E-state index in [1.165, 1.54) is 32.9 Å². The van der Waals surface area contributed by atoms with Gasteiger partial charge in [0.15, 0.2) is 0 Å². The Morgan fingerprint density at radius 2 is 0.804 bits per heavy atom. The molecule has 11 aromatic rings. The molecule has 0 unspecified atom stereocenters. The highest BCUT2D eigenvalue weighted by atomic mass is 15.0. The lowest BCUT2D eigenvalue weighted by molar-refractivity contribution is 1.17. The van der Waals surface area contributed by atoms with Crippen molar-refractivity contribution in [1.29, 1.82) is 0 Å². The molecule has 0 aliphatic rings. The monoisotopic (exact) mass is 714 g/mol. The Morgan fingerprint density at radius 1 is 0.321 bits per heavy atom. The number of hydrogen-bond donors (Lipinski definition) is 0. The molecule has 7 aromatic carbocycles. The van der Waals surface area contributed by atoms with Crippen LogP contribution in [0.1, 0.15) is 0 Å². The Labute approximate surface area is 324 Å². The van der Waals surface area contributed by atoms with Crippen molar-refractivity contribution in [3.05, 3.63) is 206 Å². The van der Waals surface area contributed by atoms with Crippen LogP contribution in [0, 0.1) is 0 Å². The van der Waals surface area contributed by atoms with Crippen LogP contribution in [-0.4, -0.2) is 19.1 Å². The van der Waals surface area contributed by atoms with E-state index in [0.717, 1.165) is 67.0 Å². The van der Waals surface area contributed by atoms with Crippen molar-refractivity contribution in [2.45, 2.75) is 0 Å². The standard InChI is InChI=1S/C52H34N4/c1-3-15-35(16-4-1)42-33-37(26-29-49(42)55-46-23-10-7-19-39(46)40-20-8-11-24-47(40)55)38-27-30-50(43(34-38)36-17-5-2-6-18-36)56-48-25-12-9-21-41(48)52-51(56)31-28-45(54-52)44-22-13-14-32-53-44/h1-34H. The molecule has 4 aromatic heterocycles. The highest BCUT2D eigenvalue weighted by Crippen LogP contribution is 2.41. The van der Waals surface area contributed by atoms with E-state index in [1.54, 1.807) is 0 Å². The fourth-order valence-electron chi connectivity index (χ4n) is 8.45. The Morgan fingerprint density at radius 3 is 1.36 bits per heavy atom. The number of fused-ring (bicyclic) bond motifs is 6. The molecule has 0 atom stereocenters. The first kappa shape index (κ1) is 31.9. The first-order valence-corrected chi connectivity index (χ1v) is 19.0. The van der Waals surface area contributed by atoms with Crippen LogP contribution in [0.4, 0.5) is 0 Å². The van der Waals surface area contributed by atoms with E-state index in [0.29, 0.717) is 0 Å². The molecule has 4 nitrogen and oxygen atoms in total. The maximum Gasteiger partial charge on any atom is 0.0971 e. The van der Waals surface area contributed by atoms with Crippen LogP contribution in [0.5, 0.6) is 0 Å². The van der Waals surface area contributed by atoms with Gasteiger partial charge in [-0.15, -0.1) is 0 Å². The minimum absolute atomic E-state index is 0.859. The van der Waals surface area contributed by atoms with Gasteiger partial charge in [0.1, 0.15) is 0 Å². The number of nitrogens with zero attached hydrogens (tertiary/aromatic N) is 4. The van der Waals surface area contributed by atoms with E-state index >= 15 is 0 Å². The van der Waals surface area contributed by atoms with Gasteiger partial charge in [-0.05, 0) is 89.0 Å². The molecule has 11 rings (SSSR count). The fourth-order valence-corrected chi connectivity index (χ4v) is 8.45. The summed E-state index contributed by atoms with van der Waals surface area (Å²) in [4.78, 5) is 9.80. The summed E-state index contributed by atoms with van der Waals surface area (Å²) in [6.45, 7) is 0. The van der Waals surface area contributed by atoms with Gasteiger partial charge in [0.05, 0.1) is 50.3 Å². The van der Waals surface area contributed by atoms with Gasteiger partial charge >= 0.3 is 0 Å². The van der Waals surface area contributed by atoms with E-state index in [-0.39, 0.29) is 0 Å². The summed E-state index contributed by atoms with van der Waals surface area (Å²) >= 11 is 0. The average Bonchev–Trinajstić information content (AvgIpc) is 3.79. The summed E-state index contributed by atoms with van der Waals surface area (Å²) < 4.78 is 4.79. The maximum atomic E-state index is 5.21. The van der Waals surface area contributed by atoms with Gasteiger partial charge in [0, 0.05) is 33.5 Å². The van der Waals surface area contributed by atoms with E-state index in [1.807, 2.05) is 24.4 Å². The zero-order valence-corrected chi connectivity index (χ0v) is 30.4. The Balaban J connectivity index is 1.13. The van der Waals surface area contributed by atoms with Gasteiger partial charge in [-0.25, -0.2) is 4.98 Å². The number of aromatic nitrogens is 4. The highest BCUT2D eigenvalue weighted by molar-refractivity contribution is 6.10. The average molecular weight is 715 g/mol. The van der Waals surface area contributed by atoms with Crippen LogP contribution < -0.4 is 0 Å². The summed E-state index contributed by atoms with van der Waals surface area (Å²) in [6, 6.07) is 71.5. The molecule has 0 spiro atoms. The second-order valence-electron chi connectivity index (χ2n) is 14.2. The quantitative estimate of drug-likeness (QED) is 0.172. The maximum absolute atomic E-state index is 5.21. The molecule has 4 heteroatoms. The molecule has 0 saturated carbocycles. The minimum atomic E-state index is 0.859. The number of pyridine rings is 2. The number of hydrogen-bond acceptors (Lipinski definition) is 2. The van der Waals surface area contributed by atoms with E-state index in [9.17, 15) is 0 Å². The number of para-hydroxylation sites is 3.